The molecule has 0 N–H and O–H groups in total. The maximum absolute atomic E-state index is 13.1. The SMILES string of the molecule is C[C@H]1CN(C(=O)OC(C)(C)C)CC[C@H]1N(C)c1ccc(F)cc1. The molecule has 23 heavy (non-hydrogen) atoms. The van der Waals surface area contributed by atoms with E-state index in [0.29, 0.717) is 25.0 Å². The standard InChI is InChI=1S/C18H27FN2O2/c1-13-12-21(17(22)23-18(2,3)4)11-10-16(13)20(5)15-8-6-14(19)7-9-15/h6-9,13,16H,10-12H2,1-5H3/t13-,16+/m0/s1. The van der Waals surface area contributed by atoms with Crippen LogP contribution in [0.4, 0.5) is 14.9 Å². The summed E-state index contributed by atoms with van der Waals surface area (Å²) in [4.78, 5) is 16.2. The molecule has 1 aromatic rings. The second kappa shape index (κ2) is 6.77. The van der Waals surface area contributed by atoms with E-state index in [2.05, 4.69) is 11.8 Å². The van der Waals surface area contributed by atoms with E-state index in [9.17, 15) is 9.18 Å². The number of likely N-dealkylation sites (tertiary alicyclic amines) is 1. The lowest BCUT2D eigenvalue weighted by Gasteiger charge is -2.42. The van der Waals surface area contributed by atoms with Gasteiger partial charge in [0.25, 0.3) is 0 Å². The number of anilines is 1. The van der Waals surface area contributed by atoms with Gasteiger partial charge in [-0.25, -0.2) is 9.18 Å². The van der Waals surface area contributed by atoms with E-state index in [4.69, 9.17) is 4.74 Å². The molecule has 0 radical (unpaired) electrons. The van der Waals surface area contributed by atoms with Gasteiger partial charge in [0.05, 0.1) is 0 Å². The summed E-state index contributed by atoms with van der Waals surface area (Å²) in [6.07, 6.45) is 0.626. The van der Waals surface area contributed by atoms with E-state index in [0.717, 1.165) is 12.1 Å². The van der Waals surface area contributed by atoms with Crippen molar-refractivity contribution in [2.45, 2.75) is 45.8 Å². The van der Waals surface area contributed by atoms with Crippen molar-refractivity contribution in [3.8, 4) is 0 Å². The number of hydrogen-bond donors (Lipinski definition) is 0. The molecule has 0 spiro atoms. The molecular weight excluding hydrogens is 295 g/mol. The van der Waals surface area contributed by atoms with Gasteiger partial charge in [0, 0.05) is 31.9 Å². The summed E-state index contributed by atoms with van der Waals surface area (Å²) in [6.45, 7) is 9.12. The van der Waals surface area contributed by atoms with Gasteiger partial charge < -0.3 is 14.5 Å². The first kappa shape index (κ1) is 17.6. The van der Waals surface area contributed by atoms with Crippen LogP contribution >= 0.6 is 0 Å². The van der Waals surface area contributed by atoms with E-state index in [1.807, 2.05) is 27.8 Å². The van der Waals surface area contributed by atoms with Crippen molar-refractivity contribution >= 4 is 11.8 Å². The monoisotopic (exact) mass is 322 g/mol. The topological polar surface area (TPSA) is 32.8 Å². The van der Waals surface area contributed by atoms with Crippen LogP contribution in [-0.4, -0.2) is 42.8 Å². The van der Waals surface area contributed by atoms with Gasteiger partial charge in [0.2, 0.25) is 0 Å². The third-order valence-corrected chi connectivity index (χ3v) is 4.24. The quantitative estimate of drug-likeness (QED) is 0.827. The Bertz CT molecular complexity index is 539. The molecule has 128 valence electrons. The van der Waals surface area contributed by atoms with Gasteiger partial charge >= 0.3 is 6.09 Å². The van der Waals surface area contributed by atoms with Crippen LogP contribution in [0.2, 0.25) is 0 Å². The third-order valence-electron chi connectivity index (χ3n) is 4.24. The van der Waals surface area contributed by atoms with Crippen LogP contribution in [0.15, 0.2) is 24.3 Å². The maximum atomic E-state index is 13.1. The third kappa shape index (κ3) is 4.60. The molecule has 2 rings (SSSR count). The number of nitrogens with zero attached hydrogens (tertiary/aromatic N) is 2. The molecule has 0 bridgehead atoms. The molecule has 0 saturated carbocycles. The smallest absolute Gasteiger partial charge is 0.410 e. The zero-order valence-corrected chi connectivity index (χ0v) is 14.7. The number of benzene rings is 1. The Balaban J connectivity index is 1.98. The molecule has 0 aromatic heterocycles. The van der Waals surface area contributed by atoms with Crippen LogP contribution in [0.25, 0.3) is 0 Å². The van der Waals surface area contributed by atoms with Gasteiger partial charge in [-0.3, -0.25) is 0 Å². The molecule has 0 aliphatic carbocycles. The molecule has 0 unspecified atom stereocenters. The second-order valence-corrected chi connectivity index (χ2v) is 7.35. The van der Waals surface area contributed by atoms with Gasteiger partial charge in [-0.15, -0.1) is 0 Å². The Hall–Kier alpha value is -1.78. The van der Waals surface area contributed by atoms with Gasteiger partial charge in [0.1, 0.15) is 11.4 Å². The minimum absolute atomic E-state index is 0.227. The summed E-state index contributed by atoms with van der Waals surface area (Å²) in [6, 6.07) is 6.86. The van der Waals surface area contributed by atoms with E-state index >= 15 is 0 Å². The Kier molecular flexibility index (Phi) is 5.17. The van der Waals surface area contributed by atoms with Crippen molar-refractivity contribution in [1.29, 1.82) is 0 Å². The van der Waals surface area contributed by atoms with Gasteiger partial charge in [-0.1, -0.05) is 6.92 Å². The maximum Gasteiger partial charge on any atom is 0.410 e. The fourth-order valence-electron chi connectivity index (χ4n) is 3.07. The lowest BCUT2D eigenvalue weighted by Crippen LogP contribution is -2.51. The fraction of sp³-hybridized carbons (Fsp3) is 0.611. The van der Waals surface area contributed by atoms with Crippen LogP contribution in [0, 0.1) is 11.7 Å². The highest BCUT2D eigenvalue weighted by Crippen LogP contribution is 2.27. The minimum Gasteiger partial charge on any atom is -0.444 e. The first-order valence-electron chi connectivity index (χ1n) is 8.13. The van der Waals surface area contributed by atoms with Crippen LogP contribution < -0.4 is 4.90 Å². The molecule has 4 nitrogen and oxygen atoms in total. The molecule has 1 fully saturated rings. The number of amides is 1. The minimum atomic E-state index is -0.470. The summed E-state index contributed by atoms with van der Waals surface area (Å²) >= 11 is 0. The van der Waals surface area contributed by atoms with E-state index in [-0.39, 0.29) is 11.9 Å². The molecule has 1 amide bonds. The van der Waals surface area contributed by atoms with Crippen molar-refractivity contribution in [2.75, 3.05) is 25.0 Å². The lowest BCUT2D eigenvalue weighted by molar-refractivity contribution is 0.0156. The zero-order chi connectivity index (χ0) is 17.2. The first-order chi connectivity index (χ1) is 10.7. The largest absolute Gasteiger partial charge is 0.444 e. The second-order valence-electron chi connectivity index (χ2n) is 7.35. The molecule has 1 aliphatic heterocycles. The average molecular weight is 322 g/mol. The highest BCUT2D eigenvalue weighted by atomic mass is 19.1. The van der Waals surface area contributed by atoms with Crippen LogP contribution in [0.3, 0.4) is 0 Å². The summed E-state index contributed by atoms with van der Waals surface area (Å²) in [7, 11) is 2.03. The Labute approximate surface area is 138 Å². The number of ether oxygens (including phenoxy) is 1. The van der Waals surface area contributed by atoms with Crippen molar-refractivity contribution < 1.29 is 13.9 Å². The highest BCUT2D eigenvalue weighted by Gasteiger charge is 2.33. The molecule has 1 aromatic carbocycles. The van der Waals surface area contributed by atoms with E-state index in [1.54, 1.807) is 17.0 Å². The number of carbonyl (C=O) groups excluding carboxylic acids is 1. The number of halogens is 1. The molecule has 1 aliphatic rings. The van der Waals surface area contributed by atoms with Crippen LogP contribution in [0.1, 0.15) is 34.1 Å². The Morgan fingerprint density at radius 2 is 1.91 bits per heavy atom. The molecule has 2 atom stereocenters. The zero-order valence-electron chi connectivity index (χ0n) is 14.7. The molecular formula is C18H27FN2O2. The Morgan fingerprint density at radius 1 is 1.30 bits per heavy atom. The number of rotatable bonds is 2. The van der Waals surface area contributed by atoms with Crippen LogP contribution in [0.5, 0.6) is 0 Å². The van der Waals surface area contributed by atoms with E-state index in [1.165, 1.54) is 12.1 Å². The molecule has 1 heterocycles. The molecule has 1 saturated heterocycles. The predicted octanol–water partition coefficient (Wildman–Crippen LogP) is 3.91. The highest BCUT2D eigenvalue weighted by molar-refractivity contribution is 5.68. The summed E-state index contributed by atoms with van der Waals surface area (Å²) in [5.41, 5.74) is 0.524. The van der Waals surface area contributed by atoms with Gasteiger partial charge in [-0.2, -0.15) is 0 Å². The predicted molar refractivity (Wildman–Crippen MR) is 90.2 cm³/mol. The average Bonchev–Trinajstić information content (AvgIpc) is 2.45. The summed E-state index contributed by atoms with van der Waals surface area (Å²) in [5.74, 6) is 0.0845. The van der Waals surface area contributed by atoms with Crippen molar-refractivity contribution in [1.82, 2.24) is 4.90 Å². The summed E-state index contributed by atoms with van der Waals surface area (Å²) in [5, 5.41) is 0. The van der Waals surface area contributed by atoms with Crippen molar-refractivity contribution in [3.05, 3.63) is 30.1 Å². The molecule has 5 heteroatoms. The fourth-order valence-corrected chi connectivity index (χ4v) is 3.07. The summed E-state index contributed by atoms with van der Waals surface area (Å²) < 4.78 is 18.5. The number of hydrogen-bond acceptors (Lipinski definition) is 3. The first-order valence-corrected chi connectivity index (χ1v) is 8.13. The van der Waals surface area contributed by atoms with Crippen LogP contribution in [-0.2, 0) is 4.74 Å². The van der Waals surface area contributed by atoms with Crippen molar-refractivity contribution in [2.24, 2.45) is 5.92 Å². The van der Waals surface area contributed by atoms with Gasteiger partial charge in [0.15, 0.2) is 0 Å². The number of carbonyl (C=O) groups is 1. The van der Waals surface area contributed by atoms with E-state index < -0.39 is 5.60 Å². The lowest BCUT2D eigenvalue weighted by atomic mass is 9.92. The van der Waals surface area contributed by atoms with Gasteiger partial charge in [-0.05, 0) is 57.4 Å². The normalized spacial score (nSPS) is 21.9. The number of piperidine rings is 1. The van der Waals surface area contributed by atoms with Crippen molar-refractivity contribution in [3.63, 3.8) is 0 Å². The Morgan fingerprint density at radius 3 is 2.43 bits per heavy atom.